The zero-order chi connectivity index (χ0) is 17.8. The van der Waals surface area contributed by atoms with Gasteiger partial charge in [-0.1, -0.05) is 0 Å². The number of nitrogens with two attached hydrogens (primary N) is 1. The summed E-state index contributed by atoms with van der Waals surface area (Å²) in [6.45, 7) is 0.266. The molecule has 0 saturated carbocycles. The molecule has 2 aromatic rings. The molecule has 130 valence electrons. The molecule has 3 rings (SSSR count). The van der Waals surface area contributed by atoms with E-state index in [0.717, 1.165) is 0 Å². The van der Waals surface area contributed by atoms with Crippen LogP contribution in [0.25, 0.3) is 0 Å². The van der Waals surface area contributed by atoms with Crippen LogP contribution in [0.1, 0.15) is 5.56 Å². The number of nitrogens with one attached hydrogen (secondary N) is 2. The second-order valence-electron chi connectivity index (χ2n) is 5.29. The molecule has 0 fully saturated rings. The van der Waals surface area contributed by atoms with E-state index in [-0.39, 0.29) is 24.4 Å². The lowest BCUT2D eigenvalue weighted by atomic mass is 10.1. The number of aliphatic imine (C=N–C) groups is 1. The molecular formula is C16H15ClFN5O2. The predicted octanol–water partition coefficient (Wildman–Crippen LogP) is 2.35. The Bertz CT molecular complexity index is 830. The van der Waals surface area contributed by atoms with Crippen LogP contribution in [-0.2, 0) is 16.1 Å². The summed E-state index contributed by atoms with van der Waals surface area (Å²) in [5.41, 5.74) is 7.15. The molecule has 0 aliphatic carbocycles. The van der Waals surface area contributed by atoms with Crippen LogP contribution in [-0.4, -0.2) is 28.9 Å². The largest absolute Gasteiger partial charge is 0.466 e. The van der Waals surface area contributed by atoms with Crippen LogP contribution in [0.5, 0.6) is 0 Å². The fourth-order valence-electron chi connectivity index (χ4n) is 2.25. The molecule has 1 atom stereocenters. The van der Waals surface area contributed by atoms with Crippen molar-refractivity contribution < 1.29 is 13.9 Å². The number of pyridine rings is 1. The first-order valence-electron chi connectivity index (χ1n) is 7.42. The van der Waals surface area contributed by atoms with Gasteiger partial charge in [-0.15, -0.1) is 0 Å². The lowest BCUT2D eigenvalue weighted by Crippen LogP contribution is -2.27. The van der Waals surface area contributed by atoms with Crippen molar-refractivity contribution in [2.24, 2.45) is 4.99 Å². The third kappa shape index (κ3) is 4.16. The minimum Gasteiger partial charge on any atom is -0.466 e. The van der Waals surface area contributed by atoms with Gasteiger partial charge in [0.25, 0.3) is 11.3 Å². The standard InChI is InChI=1S/C16H15ClFN5O2/c17-16-23-13(8-25-16)15(24)22-10-3-4-11(18)9(6-10)7-21-12-2-1-5-20-14(12)19/h1-6,13,21H,7-8H2,(H2,19,20)(H,22,24). The molecular weight excluding hydrogens is 349 g/mol. The second kappa shape index (κ2) is 7.35. The highest BCUT2D eigenvalue weighted by molar-refractivity contribution is 6.63. The highest BCUT2D eigenvalue weighted by Gasteiger charge is 2.25. The third-order valence-corrected chi connectivity index (χ3v) is 3.75. The Hall–Kier alpha value is -2.87. The molecule has 0 spiro atoms. The van der Waals surface area contributed by atoms with Gasteiger partial charge in [-0.25, -0.2) is 14.4 Å². The summed E-state index contributed by atoms with van der Waals surface area (Å²) in [7, 11) is 0. The summed E-state index contributed by atoms with van der Waals surface area (Å²) in [5.74, 6) is -0.459. The van der Waals surface area contributed by atoms with E-state index >= 15 is 0 Å². The fourth-order valence-corrected chi connectivity index (χ4v) is 2.43. The summed E-state index contributed by atoms with van der Waals surface area (Å²) in [5, 5.41) is 5.63. The Morgan fingerprint density at radius 3 is 3.00 bits per heavy atom. The number of aromatic nitrogens is 1. The van der Waals surface area contributed by atoms with Crippen LogP contribution >= 0.6 is 11.6 Å². The van der Waals surface area contributed by atoms with Gasteiger partial charge in [0.1, 0.15) is 18.2 Å². The zero-order valence-corrected chi connectivity index (χ0v) is 13.8. The molecule has 1 unspecified atom stereocenters. The third-order valence-electron chi connectivity index (χ3n) is 3.54. The smallest absolute Gasteiger partial charge is 0.283 e. The molecule has 4 N–H and O–H groups in total. The van der Waals surface area contributed by atoms with E-state index in [1.54, 1.807) is 18.3 Å². The first kappa shape index (κ1) is 17.0. The van der Waals surface area contributed by atoms with Crippen molar-refractivity contribution >= 4 is 40.1 Å². The second-order valence-corrected chi connectivity index (χ2v) is 5.62. The van der Waals surface area contributed by atoms with Crippen molar-refractivity contribution in [3.8, 4) is 0 Å². The molecule has 0 bridgehead atoms. The quantitative estimate of drug-likeness (QED) is 0.756. The Kier molecular flexibility index (Phi) is 4.99. The fraction of sp³-hybridized carbons (Fsp3) is 0.188. The number of nitrogen functional groups attached to an aromatic ring is 1. The van der Waals surface area contributed by atoms with Crippen LogP contribution in [0.4, 0.5) is 21.6 Å². The predicted molar refractivity (Wildman–Crippen MR) is 94.0 cm³/mol. The Morgan fingerprint density at radius 2 is 2.28 bits per heavy atom. The summed E-state index contributed by atoms with van der Waals surface area (Å²) < 4.78 is 18.9. The molecule has 2 heterocycles. The topological polar surface area (TPSA) is 102 Å². The van der Waals surface area contributed by atoms with E-state index in [2.05, 4.69) is 20.6 Å². The average molecular weight is 364 g/mol. The van der Waals surface area contributed by atoms with Gasteiger partial charge >= 0.3 is 0 Å². The summed E-state index contributed by atoms with van der Waals surface area (Å²) in [6.07, 6.45) is 1.57. The van der Waals surface area contributed by atoms with Gasteiger partial charge < -0.3 is 21.1 Å². The Labute approximate surface area is 148 Å². The normalized spacial score (nSPS) is 16.1. The molecule has 0 radical (unpaired) electrons. The van der Waals surface area contributed by atoms with Gasteiger partial charge in [0.15, 0.2) is 6.04 Å². The lowest BCUT2D eigenvalue weighted by molar-refractivity contribution is -0.117. The average Bonchev–Trinajstić information content (AvgIpc) is 3.03. The summed E-state index contributed by atoms with van der Waals surface area (Å²) in [4.78, 5) is 19.9. The van der Waals surface area contributed by atoms with Gasteiger partial charge in [0.2, 0.25) is 0 Å². The van der Waals surface area contributed by atoms with Crippen molar-refractivity contribution in [3.63, 3.8) is 0 Å². The van der Waals surface area contributed by atoms with Gasteiger partial charge in [0.05, 0.1) is 5.69 Å². The number of anilines is 3. The van der Waals surface area contributed by atoms with Crippen LogP contribution in [0.2, 0.25) is 0 Å². The van der Waals surface area contributed by atoms with Crippen molar-refractivity contribution in [2.75, 3.05) is 23.0 Å². The number of carbonyl (C=O) groups excluding carboxylic acids is 1. The van der Waals surface area contributed by atoms with Crippen molar-refractivity contribution in [2.45, 2.75) is 12.6 Å². The number of hydrogen-bond acceptors (Lipinski definition) is 6. The first-order valence-corrected chi connectivity index (χ1v) is 7.80. The molecule has 1 aromatic heterocycles. The highest BCUT2D eigenvalue weighted by Crippen LogP contribution is 2.20. The number of benzene rings is 1. The van der Waals surface area contributed by atoms with E-state index in [0.29, 0.717) is 22.8 Å². The monoisotopic (exact) mass is 363 g/mol. The van der Waals surface area contributed by atoms with E-state index < -0.39 is 11.9 Å². The molecule has 9 heteroatoms. The first-order chi connectivity index (χ1) is 12.0. The molecule has 1 amide bonds. The Morgan fingerprint density at radius 1 is 1.44 bits per heavy atom. The minimum absolute atomic E-state index is 0.0433. The van der Waals surface area contributed by atoms with E-state index in [1.165, 1.54) is 18.2 Å². The molecule has 1 aliphatic rings. The van der Waals surface area contributed by atoms with Gasteiger partial charge in [-0.2, -0.15) is 0 Å². The van der Waals surface area contributed by atoms with E-state index in [1.807, 2.05) is 0 Å². The van der Waals surface area contributed by atoms with Crippen molar-refractivity contribution in [1.82, 2.24) is 4.98 Å². The number of nitrogens with zero attached hydrogens (tertiary/aromatic N) is 2. The number of hydrogen-bond donors (Lipinski definition) is 3. The van der Waals surface area contributed by atoms with Crippen LogP contribution in [0, 0.1) is 5.82 Å². The maximum atomic E-state index is 14.0. The van der Waals surface area contributed by atoms with E-state index in [9.17, 15) is 9.18 Å². The molecule has 1 aromatic carbocycles. The summed E-state index contributed by atoms with van der Waals surface area (Å²) >= 11 is 5.59. The maximum Gasteiger partial charge on any atom is 0.283 e. The maximum absolute atomic E-state index is 14.0. The van der Waals surface area contributed by atoms with E-state index in [4.69, 9.17) is 22.1 Å². The number of halogens is 2. The van der Waals surface area contributed by atoms with Gasteiger partial charge in [-0.3, -0.25) is 4.79 Å². The van der Waals surface area contributed by atoms with Crippen LogP contribution < -0.4 is 16.4 Å². The van der Waals surface area contributed by atoms with Crippen molar-refractivity contribution in [1.29, 1.82) is 0 Å². The summed E-state index contributed by atoms with van der Waals surface area (Å²) in [6, 6.07) is 7.04. The lowest BCUT2D eigenvalue weighted by Gasteiger charge is -2.12. The Balaban J connectivity index is 1.68. The number of ether oxygens (including phenoxy) is 1. The molecule has 0 saturated heterocycles. The number of amides is 1. The minimum atomic E-state index is -0.714. The molecule has 25 heavy (non-hydrogen) atoms. The molecule has 1 aliphatic heterocycles. The number of carbonyl (C=O) groups is 1. The van der Waals surface area contributed by atoms with Crippen LogP contribution in [0.3, 0.4) is 0 Å². The van der Waals surface area contributed by atoms with Gasteiger partial charge in [-0.05, 0) is 41.9 Å². The molecule has 7 nitrogen and oxygen atoms in total. The number of rotatable bonds is 5. The zero-order valence-electron chi connectivity index (χ0n) is 13.0. The SMILES string of the molecule is Nc1ncccc1NCc1cc(NC(=O)C2COC(Cl)=N2)ccc1F. The van der Waals surface area contributed by atoms with Crippen molar-refractivity contribution in [3.05, 3.63) is 47.9 Å². The van der Waals surface area contributed by atoms with Gasteiger partial charge in [0, 0.05) is 24.0 Å². The highest BCUT2D eigenvalue weighted by atomic mass is 35.5. The van der Waals surface area contributed by atoms with Crippen LogP contribution in [0.15, 0.2) is 41.5 Å².